The maximum Gasteiger partial charge on any atom is 0.140 e. The maximum atomic E-state index is 13.5. The SMILES string of the molecule is N=C(N)c1ccc(Sc2ccc(F)cc2F)cc1Cl. The second kappa shape index (κ2) is 5.59. The first kappa shape index (κ1) is 13.8. The number of rotatable bonds is 3. The van der Waals surface area contributed by atoms with E-state index in [1.54, 1.807) is 18.2 Å². The van der Waals surface area contributed by atoms with Crippen molar-refractivity contribution in [3.8, 4) is 0 Å². The summed E-state index contributed by atoms with van der Waals surface area (Å²) in [5.41, 5.74) is 5.77. The van der Waals surface area contributed by atoms with Gasteiger partial charge in [-0.05, 0) is 30.3 Å². The highest BCUT2D eigenvalue weighted by Gasteiger charge is 2.08. The topological polar surface area (TPSA) is 49.9 Å². The van der Waals surface area contributed by atoms with E-state index in [0.717, 1.165) is 17.8 Å². The predicted octanol–water partition coefficient (Wildman–Crippen LogP) is 4.05. The minimum atomic E-state index is -0.628. The van der Waals surface area contributed by atoms with Crippen LogP contribution in [0.4, 0.5) is 8.78 Å². The van der Waals surface area contributed by atoms with Gasteiger partial charge in [-0.3, -0.25) is 5.41 Å². The first-order chi connectivity index (χ1) is 8.97. The van der Waals surface area contributed by atoms with Gasteiger partial charge in [-0.15, -0.1) is 0 Å². The van der Waals surface area contributed by atoms with Crippen LogP contribution in [0.25, 0.3) is 0 Å². The van der Waals surface area contributed by atoms with Crippen molar-refractivity contribution in [3.63, 3.8) is 0 Å². The van der Waals surface area contributed by atoms with Crippen LogP contribution in [0.1, 0.15) is 5.56 Å². The Morgan fingerprint density at radius 1 is 1.16 bits per heavy atom. The fraction of sp³-hybridized carbons (Fsp3) is 0. The summed E-state index contributed by atoms with van der Waals surface area (Å²) >= 11 is 7.09. The molecule has 0 atom stereocenters. The number of nitrogens with two attached hydrogens (primary N) is 1. The molecule has 2 nitrogen and oxygen atoms in total. The summed E-state index contributed by atoms with van der Waals surface area (Å²) in [6, 6.07) is 8.24. The summed E-state index contributed by atoms with van der Waals surface area (Å²) in [5.74, 6) is -1.38. The average Bonchev–Trinajstić information content (AvgIpc) is 2.32. The van der Waals surface area contributed by atoms with Crippen molar-refractivity contribution in [1.82, 2.24) is 0 Å². The second-order valence-corrected chi connectivity index (χ2v) is 5.25. The summed E-state index contributed by atoms with van der Waals surface area (Å²) in [4.78, 5) is 0.980. The highest BCUT2D eigenvalue weighted by Crippen LogP contribution is 2.32. The zero-order valence-corrected chi connectivity index (χ0v) is 11.2. The zero-order valence-electron chi connectivity index (χ0n) is 9.58. The lowest BCUT2D eigenvalue weighted by Crippen LogP contribution is -2.11. The number of nitrogens with one attached hydrogen (secondary N) is 1. The van der Waals surface area contributed by atoms with E-state index in [1.165, 1.54) is 12.1 Å². The van der Waals surface area contributed by atoms with Gasteiger partial charge in [0.2, 0.25) is 0 Å². The van der Waals surface area contributed by atoms with Crippen LogP contribution in [-0.2, 0) is 0 Å². The molecule has 0 aliphatic carbocycles. The van der Waals surface area contributed by atoms with Gasteiger partial charge in [0.05, 0.1) is 5.02 Å². The Morgan fingerprint density at radius 2 is 1.89 bits per heavy atom. The third-order valence-electron chi connectivity index (χ3n) is 2.35. The molecule has 0 aromatic heterocycles. The molecule has 0 bridgehead atoms. The van der Waals surface area contributed by atoms with Crippen molar-refractivity contribution < 1.29 is 8.78 Å². The zero-order chi connectivity index (χ0) is 14.0. The molecule has 0 heterocycles. The summed E-state index contributed by atoms with van der Waals surface area (Å²) in [6.45, 7) is 0. The van der Waals surface area contributed by atoms with Gasteiger partial charge in [-0.2, -0.15) is 0 Å². The van der Waals surface area contributed by atoms with Crippen LogP contribution in [0.15, 0.2) is 46.2 Å². The molecule has 0 unspecified atom stereocenters. The van der Waals surface area contributed by atoms with Crippen molar-refractivity contribution in [2.75, 3.05) is 0 Å². The Morgan fingerprint density at radius 3 is 2.47 bits per heavy atom. The Hall–Kier alpha value is -1.59. The van der Waals surface area contributed by atoms with E-state index in [-0.39, 0.29) is 5.84 Å². The summed E-state index contributed by atoms with van der Waals surface area (Å²) in [6.07, 6.45) is 0. The summed E-state index contributed by atoms with van der Waals surface area (Å²) < 4.78 is 26.3. The summed E-state index contributed by atoms with van der Waals surface area (Å²) in [5, 5.41) is 7.63. The minimum absolute atomic E-state index is 0.130. The van der Waals surface area contributed by atoms with E-state index < -0.39 is 11.6 Å². The van der Waals surface area contributed by atoms with E-state index in [1.807, 2.05) is 0 Å². The highest BCUT2D eigenvalue weighted by molar-refractivity contribution is 7.99. The Labute approximate surface area is 118 Å². The molecule has 0 amide bonds. The lowest BCUT2D eigenvalue weighted by molar-refractivity contribution is 0.565. The first-order valence-corrected chi connectivity index (χ1v) is 6.43. The first-order valence-electron chi connectivity index (χ1n) is 5.24. The monoisotopic (exact) mass is 298 g/mol. The fourth-order valence-corrected chi connectivity index (χ4v) is 2.67. The molecule has 6 heteroatoms. The quantitative estimate of drug-likeness (QED) is 0.663. The molecule has 0 fully saturated rings. The molecule has 2 aromatic rings. The number of halogens is 3. The van der Waals surface area contributed by atoms with Gasteiger partial charge in [-0.1, -0.05) is 23.4 Å². The molecule has 2 rings (SSSR count). The Bertz CT molecular complexity index is 647. The van der Waals surface area contributed by atoms with Gasteiger partial charge in [0.15, 0.2) is 0 Å². The highest BCUT2D eigenvalue weighted by atomic mass is 35.5. The molecule has 0 saturated carbocycles. The van der Waals surface area contributed by atoms with E-state index in [2.05, 4.69) is 0 Å². The lowest BCUT2D eigenvalue weighted by atomic mass is 10.2. The van der Waals surface area contributed by atoms with Crippen molar-refractivity contribution in [1.29, 1.82) is 5.41 Å². The molecule has 0 spiro atoms. The van der Waals surface area contributed by atoms with Crippen molar-refractivity contribution >= 4 is 29.2 Å². The number of hydrogen-bond donors (Lipinski definition) is 2. The standard InChI is InChI=1S/C13H9ClF2N2S/c14-10-6-8(2-3-9(10)13(17)18)19-12-4-1-7(15)5-11(12)16/h1-6H,(H3,17,18). The van der Waals surface area contributed by atoms with Crippen molar-refractivity contribution in [2.24, 2.45) is 5.73 Å². The van der Waals surface area contributed by atoms with Crippen LogP contribution in [-0.4, -0.2) is 5.84 Å². The molecule has 0 aliphatic heterocycles. The van der Waals surface area contributed by atoms with Gasteiger partial charge < -0.3 is 5.73 Å². The molecule has 3 N–H and O–H groups in total. The fourth-order valence-electron chi connectivity index (χ4n) is 1.46. The van der Waals surface area contributed by atoms with E-state index in [4.69, 9.17) is 22.7 Å². The van der Waals surface area contributed by atoms with Gasteiger partial charge in [0, 0.05) is 21.4 Å². The number of amidine groups is 1. The van der Waals surface area contributed by atoms with Gasteiger partial charge in [0.25, 0.3) is 0 Å². The van der Waals surface area contributed by atoms with Gasteiger partial charge in [-0.25, -0.2) is 8.78 Å². The lowest BCUT2D eigenvalue weighted by Gasteiger charge is -2.06. The second-order valence-electron chi connectivity index (χ2n) is 3.73. The average molecular weight is 299 g/mol. The number of benzene rings is 2. The van der Waals surface area contributed by atoms with Crippen LogP contribution in [0.3, 0.4) is 0 Å². The molecule has 2 aromatic carbocycles. The van der Waals surface area contributed by atoms with E-state index in [9.17, 15) is 8.78 Å². The van der Waals surface area contributed by atoms with Crippen LogP contribution in [0.2, 0.25) is 5.02 Å². The van der Waals surface area contributed by atoms with Crippen molar-refractivity contribution in [2.45, 2.75) is 9.79 Å². The Kier molecular flexibility index (Phi) is 4.07. The van der Waals surface area contributed by atoms with Gasteiger partial charge >= 0.3 is 0 Å². The van der Waals surface area contributed by atoms with Crippen LogP contribution < -0.4 is 5.73 Å². The summed E-state index contributed by atoms with van der Waals surface area (Å²) in [7, 11) is 0. The number of nitrogen functional groups attached to an aromatic ring is 1. The smallest absolute Gasteiger partial charge is 0.140 e. The number of hydrogen-bond acceptors (Lipinski definition) is 2. The van der Waals surface area contributed by atoms with Gasteiger partial charge in [0.1, 0.15) is 17.5 Å². The Balaban J connectivity index is 2.29. The molecule has 0 aliphatic rings. The van der Waals surface area contributed by atoms with Crippen LogP contribution in [0.5, 0.6) is 0 Å². The predicted molar refractivity (Wildman–Crippen MR) is 72.9 cm³/mol. The third-order valence-corrected chi connectivity index (χ3v) is 3.71. The maximum absolute atomic E-state index is 13.5. The normalized spacial score (nSPS) is 10.5. The molecular weight excluding hydrogens is 290 g/mol. The minimum Gasteiger partial charge on any atom is -0.384 e. The third kappa shape index (κ3) is 3.24. The van der Waals surface area contributed by atoms with Crippen LogP contribution in [0, 0.1) is 17.0 Å². The van der Waals surface area contributed by atoms with Crippen LogP contribution >= 0.6 is 23.4 Å². The molecule has 98 valence electrons. The molecule has 0 saturated heterocycles. The van der Waals surface area contributed by atoms with E-state index >= 15 is 0 Å². The van der Waals surface area contributed by atoms with E-state index in [0.29, 0.717) is 20.4 Å². The molecule has 0 radical (unpaired) electrons. The molecular formula is C13H9ClF2N2S. The molecule has 19 heavy (non-hydrogen) atoms. The van der Waals surface area contributed by atoms with Crippen molar-refractivity contribution in [3.05, 3.63) is 58.6 Å². The largest absolute Gasteiger partial charge is 0.384 e.